The Morgan fingerprint density at radius 3 is 2.89 bits per heavy atom. The number of rotatable bonds is 1. The Balaban J connectivity index is 1.97. The summed E-state index contributed by atoms with van der Waals surface area (Å²) in [5.41, 5.74) is 4.52. The van der Waals surface area contributed by atoms with Crippen molar-refractivity contribution in [2.75, 3.05) is 6.61 Å². The van der Waals surface area contributed by atoms with Gasteiger partial charge in [-0.2, -0.15) is 4.39 Å². The SMILES string of the molecule is C=C1COc2cc(C3=C(F)N=C(C)C3)ccc2C1. The highest BCUT2D eigenvalue weighted by Crippen LogP contribution is 2.35. The molecule has 3 rings (SSSR count). The third-order valence-corrected chi connectivity index (χ3v) is 3.26. The molecule has 1 aromatic carbocycles. The van der Waals surface area contributed by atoms with Gasteiger partial charge in [-0.05, 0) is 29.7 Å². The van der Waals surface area contributed by atoms with Crippen LogP contribution in [0, 0.1) is 0 Å². The van der Waals surface area contributed by atoms with Gasteiger partial charge in [0.25, 0.3) is 0 Å². The largest absolute Gasteiger partial charge is 0.489 e. The van der Waals surface area contributed by atoms with Crippen LogP contribution in [0.2, 0.25) is 0 Å². The molecule has 2 nitrogen and oxygen atoms in total. The van der Waals surface area contributed by atoms with E-state index in [0.717, 1.165) is 34.6 Å². The molecule has 0 saturated heterocycles. The molecule has 18 heavy (non-hydrogen) atoms. The summed E-state index contributed by atoms with van der Waals surface area (Å²) in [5.74, 6) is 0.470. The molecule has 0 N–H and O–H groups in total. The summed E-state index contributed by atoms with van der Waals surface area (Å²) in [5, 5.41) is 0. The Morgan fingerprint density at radius 2 is 2.17 bits per heavy atom. The third-order valence-electron chi connectivity index (χ3n) is 3.26. The zero-order valence-corrected chi connectivity index (χ0v) is 10.3. The molecule has 2 heterocycles. The molecule has 0 spiro atoms. The van der Waals surface area contributed by atoms with Gasteiger partial charge in [0.1, 0.15) is 12.4 Å². The second-order valence-corrected chi connectivity index (χ2v) is 4.83. The fourth-order valence-corrected chi connectivity index (χ4v) is 2.35. The summed E-state index contributed by atoms with van der Waals surface area (Å²) in [6.45, 7) is 6.31. The van der Waals surface area contributed by atoms with Crippen LogP contribution in [0.15, 0.2) is 41.3 Å². The second-order valence-electron chi connectivity index (χ2n) is 4.83. The number of allylic oxidation sites excluding steroid dienone is 1. The van der Waals surface area contributed by atoms with Crippen molar-refractivity contribution in [1.29, 1.82) is 0 Å². The van der Waals surface area contributed by atoms with Crippen LogP contribution >= 0.6 is 0 Å². The van der Waals surface area contributed by atoms with E-state index >= 15 is 0 Å². The fraction of sp³-hybridized carbons (Fsp3) is 0.267. The molecule has 0 amide bonds. The summed E-state index contributed by atoms with van der Waals surface area (Å²) >= 11 is 0. The van der Waals surface area contributed by atoms with Crippen LogP contribution in [-0.4, -0.2) is 12.3 Å². The molecular formula is C15H14FNO. The first-order valence-electron chi connectivity index (χ1n) is 5.99. The number of hydrogen-bond acceptors (Lipinski definition) is 2. The lowest BCUT2D eigenvalue weighted by atomic mass is 9.97. The lowest BCUT2D eigenvalue weighted by Crippen LogP contribution is -2.11. The summed E-state index contributed by atoms with van der Waals surface area (Å²) in [6, 6.07) is 5.83. The zero-order chi connectivity index (χ0) is 12.7. The highest BCUT2D eigenvalue weighted by atomic mass is 19.1. The Kier molecular flexibility index (Phi) is 2.54. The smallest absolute Gasteiger partial charge is 0.216 e. The number of halogens is 1. The van der Waals surface area contributed by atoms with Crippen LogP contribution in [0.3, 0.4) is 0 Å². The van der Waals surface area contributed by atoms with Crippen LogP contribution in [0.1, 0.15) is 24.5 Å². The van der Waals surface area contributed by atoms with E-state index in [1.807, 2.05) is 25.1 Å². The van der Waals surface area contributed by atoms with Crippen molar-refractivity contribution in [2.24, 2.45) is 4.99 Å². The summed E-state index contributed by atoms with van der Waals surface area (Å²) in [6.07, 6.45) is 1.42. The van der Waals surface area contributed by atoms with Crippen molar-refractivity contribution in [3.8, 4) is 5.75 Å². The topological polar surface area (TPSA) is 21.6 Å². The van der Waals surface area contributed by atoms with Crippen molar-refractivity contribution in [2.45, 2.75) is 19.8 Å². The summed E-state index contributed by atoms with van der Waals surface area (Å²) < 4.78 is 19.3. The monoisotopic (exact) mass is 243 g/mol. The van der Waals surface area contributed by atoms with E-state index in [-0.39, 0.29) is 5.95 Å². The van der Waals surface area contributed by atoms with E-state index in [9.17, 15) is 4.39 Å². The molecular weight excluding hydrogens is 229 g/mol. The van der Waals surface area contributed by atoms with Gasteiger partial charge in [-0.3, -0.25) is 0 Å². The molecule has 0 aromatic heterocycles. The Labute approximate surface area is 105 Å². The van der Waals surface area contributed by atoms with Gasteiger partial charge < -0.3 is 4.74 Å². The number of ether oxygens (including phenoxy) is 1. The Hall–Kier alpha value is -1.90. The van der Waals surface area contributed by atoms with Gasteiger partial charge in [0.15, 0.2) is 0 Å². The molecule has 2 aliphatic rings. The standard InChI is InChI=1S/C15H14FNO/c1-9-5-12-4-3-11(7-14(12)18-8-9)13-6-10(2)17-15(13)16/h3-4,7H,1,5-6,8H2,2H3. The minimum atomic E-state index is -0.368. The maximum atomic E-state index is 13.7. The van der Waals surface area contributed by atoms with E-state index in [1.54, 1.807) is 0 Å². The number of aliphatic imine (C=N–C) groups is 1. The minimum Gasteiger partial charge on any atom is -0.489 e. The molecule has 3 heteroatoms. The maximum absolute atomic E-state index is 13.7. The van der Waals surface area contributed by atoms with Crippen LogP contribution < -0.4 is 4.74 Å². The molecule has 0 bridgehead atoms. The molecule has 0 fully saturated rings. The predicted molar refractivity (Wildman–Crippen MR) is 70.5 cm³/mol. The van der Waals surface area contributed by atoms with E-state index in [1.165, 1.54) is 0 Å². The number of hydrogen-bond donors (Lipinski definition) is 0. The lowest BCUT2D eigenvalue weighted by Gasteiger charge is -2.20. The van der Waals surface area contributed by atoms with Gasteiger partial charge in [0, 0.05) is 24.1 Å². The first-order chi connectivity index (χ1) is 8.63. The van der Waals surface area contributed by atoms with E-state index in [4.69, 9.17) is 4.74 Å². The van der Waals surface area contributed by atoms with Gasteiger partial charge in [-0.25, -0.2) is 4.99 Å². The van der Waals surface area contributed by atoms with E-state index in [0.29, 0.717) is 18.6 Å². The Bertz CT molecular complexity index is 599. The first-order valence-corrected chi connectivity index (χ1v) is 5.99. The maximum Gasteiger partial charge on any atom is 0.216 e. The minimum absolute atomic E-state index is 0.368. The average molecular weight is 243 g/mol. The zero-order valence-electron chi connectivity index (χ0n) is 10.3. The third kappa shape index (κ3) is 1.86. The Morgan fingerprint density at radius 1 is 1.33 bits per heavy atom. The van der Waals surface area contributed by atoms with Gasteiger partial charge in [0.05, 0.1) is 0 Å². The van der Waals surface area contributed by atoms with Gasteiger partial charge in [-0.15, -0.1) is 0 Å². The molecule has 1 aromatic rings. The van der Waals surface area contributed by atoms with E-state index < -0.39 is 0 Å². The van der Waals surface area contributed by atoms with Crippen molar-refractivity contribution < 1.29 is 9.13 Å². The number of nitrogens with zero attached hydrogens (tertiary/aromatic N) is 1. The molecule has 0 atom stereocenters. The highest BCUT2D eigenvalue weighted by molar-refractivity contribution is 5.97. The fourth-order valence-electron chi connectivity index (χ4n) is 2.35. The predicted octanol–water partition coefficient (Wildman–Crippen LogP) is 3.68. The lowest BCUT2D eigenvalue weighted by molar-refractivity contribution is 0.332. The van der Waals surface area contributed by atoms with Crippen LogP contribution in [0.25, 0.3) is 5.57 Å². The van der Waals surface area contributed by atoms with E-state index in [2.05, 4.69) is 11.6 Å². The van der Waals surface area contributed by atoms with Crippen LogP contribution in [-0.2, 0) is 6.42 Å². The van der Waals surface area contributed by atoms with Gasteiger partial charge in [0.2, 0.25) is 5.95 Å². The molecule has 0 aliphatic carbocycles. The van der Waals surface area contributed by atoms with Crippen LogP contribution in [0.4, 0.5) is 4.39 Å². The number of benzene rings is 1. The molecule has 0 unspecified atom stereocenters. The van der Waals surface area contributed by atoms with Crippen molar-refractivity contribution >= 4 is 11.3 Å². The quantitative estimate of drug-likeness (QED) is 0.544. The highest BCUT2D eigenvalue weighted by Gasteiger charge is 2.19. The van der Waals surface area contributed by atoms with Crippen LogP contribution in [0.5, 0.6) is 5.75 Å². The second kappa shape index (κ2) is 4.09. The first kappa shape index (κ1) is 11.2. The van der Waals surface area contributed by atoms with Crippen molar-refractivity contribution in [1.82, 2.24) is 0 Å². The van der Waals surface area contributed by atoms with Crippen molar-refractivity contribution in [3.63, 3.8) is 0 Å². The molecule has 92 valence electrons. The summed E-state index contributed by atoms with van der Waals surface area (Å²) in [7, 11) is 0. The molecule has 2 aliphatic heterocycles. The molecule has 0 saturated carbocycles. The van der Waals surface area contributed by atoms with Crippen molar-refractivity contribution in [3.05, 3.63) is 47.4 Å². The summed E-state index contributed by atoms with van der Waals surface area (Å²) in [4.78, 5) is 3.85. The molecule has 0 radical (unpaired) electrons. The van der Waals surface area contributed by atoms with Gasteiger partial charge in [-0.1, -0.05) is 18.7 Å². The van der Waals surface area contributed by atoms with Gasteiger partial charge >= 0.3 is 0 Å². The number of fused-ring (bicyclic) bond motifs is 1. The normalized spacial score (nSPS) is 18.6. The average Bonchev–Trinajstić information content (AvgIpc) is 2.68.